The zero-order chi connectivity index (χ0) is 14.5. The maximum Gasteiger partial charge on any atom is 0.240 e. The van der Waals surface area contributed by atoms with E-state index < -0.39 is 20.0 Å². The lowest BCUT2D eigenvalue weighted by Crippen LogP contribution is -2.30. The molecule has 0 fully saturated rings. The van der Waals surface area contributed by atoms with Crippen LogP contribution in [0.1, 0.15) is 0 Å². The molecule has 0 atom stereocenters. The summed E-state index contributed by atoms with van der Waals surface area (Å²) >= 11 is 0. The van der Waals surface area contributed by atoms with Gasteiger partial charge in [0.05, 0.1) is 9.79 Å². The largest absolute Gasteiger partial charge is 0.318 e. The normalized spacial score (nSPS) is 12.5. The summed E-state index contributed by atoms with van der Waals surface area (Å²) in [4.78, 5) is 0.0443. The Hall–Kier alpha value is -1.00. The maximum absolute atomic E-state index is 11.8. The number of sulfonamides is 2. The highest BCUT2D eigenvalue weighted by molar-refractivity contribution is 7.90. The second-order valence-corrected chi connectivity index (χ2v) is 7.33. The molecule has 9 heteroatoms. The molecule has 0 spiro atoms. The van der Waals surface area contributed by atoms with Crippen LogP contribution >= 0.6 is 0 Å². The number of rotatable bonds is 7. The highest BCUT2D eigenvalue weighted by atomic mass is 32.2. The van der Waals surface area contributed by atoms with E-state index in [2.05, 4.69) is 14.8 Å². The van der Waals surface area contributed by atoms with E-state index in [1.807, 2.05) is 0 Å². The third kappa shape index (κ3) is 4.25. The summed E-state index contributed by atoms with van der Waals surface area (Å²) in [5.74, 6) is 0. The Balaban J connectivity index is 2.93. The number of hydrogen-bond donors (Lipinski definition) is 3. The van der Waals surface area contributed by atoms with Crippen LogP contribution in [0.4, 0.5) is 0 Å². The van der Waals surface area contributed by atoms with Crippen molar-refractivity contribution in [3.63, 3.8) is 0 Å². The first-order chi connectivity index (χ1) is 8.83. The molecule has 0 aliphatic carbocycles. The van der Waals surface area contributed by atoms with Gasteiger partial charge in [0.2, 0.25) is 20.0 Å². The molecule has 0 aliphatic rings. The molecule has 1 rings (SSSR count). The van der Waals surface area contributed by atoms with Crippen LogP contribution in [0.3, 0.4) is 0 Å². The van der Waals surface area contributed by atoms with Crippen molar-refractivity contribution in [3.05, 3.63) is 24.3 Å². The van der Waals surface area contributed by atoms with E-state index in [-0.39, 0.29) is 16.3 Å². The first-order valence-electron chi connectivity index (χ1n) is 5.51. The van der Waals surface area contributed by atoms with E-state index in [0.717, 1.165) is 0 Å². The van der Waals surface area contributed by atoms with E-state index in [1.165, 1.54) is 31.3 Å². The van der Waals surface area contributed by atoms with Crippen molar-refractivity contribution in [2.75, 3.05) is 27.2 Å². The van der Waals surface area contributed by atoms with Gasteiger partial charge in [-0.3, -0.25) is 0 Å². The standard InChI is InChI=1S/C10H17N3O4S2/c1-11-7-8-13-19(16,17)10-5-3-9(4-6-10)18(14,15)12-2/h3-6,11-13H,7-8H2,1-2H3. The third-order valence-electron chi connectivity index (χ3n) is 2.38. The van der Waals surface area contributed by atoms with Crippen LogP contribution < -0.4 is 14.8 Å². The summed E-state index contributed by atoms with van der Waals surface area (Å²) in [7, 11) is -4.16. The van der Waals surface area contributed by atoms with Gasteiger partial charge in [0.15, 0.2) is 0 Å². The predicted octanol–water partition coefficient (Wildman–Crippen LogP) is -0.908. The molecular weight excluding hydrogens is 290 g/mol. The molecule has 1 aromatic rings. The lowest BCUT2D eigenvalue weighted by atomic mass is 10.4. The summed E-state index contributed by atoms with van der Waals surface area (Å²) in [5, 5.41) is 2.81. The van der Waals surface area contributed by atoms with Gasteiger partial charge in [0.1, 0.15) is 0 Å². The van der Waals surface area contributed by atoms with Gasteiger partial charge in [-0.05, 0) is 38.4 Å². The molecule has 0 saturated carbocycles. The summed E-state index contributed by atoms with van der Waals surface area (Å²) in [6.07, 6.45) is 0. The van der Waals surface area contributed by atoms with E-state index in [9.17, 15) is 16.8 Å². The molecule has 108 valence electrons. The Morgan fingerprint density at radius 1 is 0.842 bits per heavy atom. The fraction of sp³-hybridized carbons (Fsp3) is 0.400. The van der Waals surface area contributed by atoms with Crippen molar-refractivity contribution in [2.45, 2.75) is 9.79 Å². The van der Waals surface area contributed by atoms with Crippen LogP contribution in [-0.2, 0) is 20.0 Å². The number of likely N-dealkylation sites (N-methyl/N-ethyl adjacent to an activating group) is 1. The molecule has 7 nitrogen and oxygen atoms in total. The van der Waals surface area contributed by atoms with Gasteiger partial charge in [-0.2, -0.15) is 0 Å². The zero-order valence-corrected chi connectivity index (χ0v) is 12.3. The lowest BCUT2D eigenvalue weighted by molar-refractivity contribution is 0.578. The van der Waals surface area contributed by atoms with Crippen LogP contribution in [0.2, 0.25) is 0 Å². The summed E-state index contributed by atoms with van der Waals surface area (Å²) in [5.41, 5.74) is 0. The van der Waals surface area contributed by atoms with Gasteiger partial charge in [0, 0.05) is 13.1 Å². The first kappa shape index (κ1) is 16.1. The van der Waals surface area contributed by atoms with Gasteiger partial charge in [-0.25, -0.2) is 26.3 Å². The molecule has 0 saturated heterocycles. The van der Waals surface area contributed by atoms with E-state index in [4.69, 9.17) is 0 Å². The molecule has 19 heavy (non-hydrogen) atoms. The molecule has 0 heterocycles. The summed E-state index contributed by atoms with van der Waals surface area (Å²) in [6.45, 7) is 0.765. The first-order valence-corrected chi connectivity index (χ1v) is 8.48. The molecule has 3 N–H and O–H groups in total. The molecule has 1 aromatic carbocycles. The summed E-state index contributed by atoms with van der Waals surface area (Å²) < 4.78 is 51.2. The van der Waals surface area contributed by atoms with E-state index in [0.29, 0.717) is 6.54 Å². The van der Waals surface area contributed by atoms with E-state index in [1.54, 1.807) is 7.05 Å². The SMILES string of the molecule is CNCCNS(=O)(=O)c1ccc(S(=O)(=O)NC)cc1. The quantitative estimate of drug-likeness (QED) is 0.566. The minimum atomic E-state index is -3.61. The lowest BCUT2D eigenvalue weighted by Gasteiger charge is -2.07. The maximum atomic E-state index is 11.8. The number of nitrogens with one attached hydrogen (secondary N) is 3. The van der Waals surface area contributed by atoms with Crippen molar-refractivity contribution in [2.24, 2.45) is 0 Å². The third-order valence-corrected chi connectivity index (χ3v) is 5.29. The molecule has 0 aliphatic heterocycles. The average Bonchev–Trinajstić information content (AvgIpc) is 2.39. The Labute approximate surface area is 113 Å². The summed E-state index contributed by atoms with van der Waals surface area (Å²) in [6, 6.07) is 5.01. The van der Waals surface area contributed by atoms with Crippen molar-refractivity contribution >= 4 is 20.0 Å². The molecular formula is C10H17N3O4S2. The molecule has 0 aromatic heterocycles. The second kappa shape index (κ2) is 6.44. The fourth-order valence-corrected chi connectivity index (χ4v) is 3.07. The predicted molar refractivity (Wildman–Crippen MR) is 71.8 cm³/mol. The Kier molecular flexibility index (Phi) is 5.44. The monoisotopic (exact) mass is 307 g/mol. The van der Waals surface area contributed by atoms with Crippen molar-refractivity contribution in [1.29, 1.82) is 0 Å². The van der Waals surface area contributed by atoms with Crippen LogP contribution in [-0.4, -0.2) is 44.0 Å². The smallest absolute Gasteiger partial charge is 0.240 e. The molecule has 0 amide bonds. The van der Waals surface area contributed by atoms with Crippen molar-refractivity contribution < 1.29 is 16.8 Å². The van der Waals surface area contributed by atoms with E-state index >= 15 is 0 Å². The number of benzene rings is 1. The van der Waals surface area contributed by atoms with Crippen LogP contribution in [0.25, 0.3) is 0 Å². The second-order valence-electron chi connectivity index (χ2n) is 3.68. The Morgan fingerprint density at radius 2 is 1.32 bits per heavy atom. The van der Waals surface area contributed by atoms with Gasteiger partial charge < -0.3 is 5.32 Å². The molecule has 0 unspecified atom stereocenters. The Morgan fingerprint density at radius 3 is 1.74 bits per heavy atom. The average molecular weight is 307 g/mol. The number of hydrogen-bond acceptors (Lipinski definition) is 5. The van der Waals surface area contributed by atoms with Gasteiger partial charge >= 0.3 is 0 Å². The molecule has 0 bridgehead atoms. The van der Waals surface area contributed by atoms with Gasteiger partial charge in [-0.15, -0.1) is 0 Å². The van der Waals surface area contributed by atoms with Crippen molar-refractivity contribution in [3.8, 4) is 0 Å². The Bertz CT molecular complexity index is 609. The molecule has 0 radical (unpaired) electrons. The van der Waals surface area contributed by atoms with Crippen molar-refractivity contribution in [1.82, 2.24) is 14.8 Å². The van der Waals surface area contributed by atoms with Gasteiger partial charge in [-0.1, -0.05) is 0 Å². The van der Waals surface area contributed by atoms with Crippen LogP contribution in [0.5, 0.6) is 0 Å². The fourth-order valence-electron chi connectivity index (χ4n) is 1.31. The van der Waals surface area contributed by atoms with Gasteiger partial charge in [0.25, 0.3) is 0 Å². The van der Waals surface area contributed by atoms with Crippen LogP contribution in [0.15, 0.2) is 34.1 Å². The highest BCUT2D eigenvalue weighted by Gasteiger charge is 2.16. The minimum Gasteiger partial charge on any atom is -0.318 e. The minimum absolute atomic E-state index is 0.0178. The zero-order valence-electron chi connectivity index (χ0n) is 10.7. The van der Waals surface area contributed by atoms with Crippen LogP contribution in [0, 0.1) is 0 Å². The highest BCUT2D eigenvalue weighted by Crippen LogP contribution is 2.13. The topological polar surface area (TPSA) is 104 Å².